The number of benzene rings is 2. The Kier molecular flexibility index (Phi) is 7.21. The second-order valence-electron chi connectivity index (χ2n) is 6.61. The third-order valence-electron chi connectivity index (χ3n) is 4.65. The Morgan fingerprint density at radius 2 is 1.63 bits per heavy atom. The Labute approximate surface area is 165 Å². The molecule has 144 valence electrons. The fourth-order valence-corrected chi connectivity index (χ4v) is 3.28. The highest BCUT2D eigenvalue weighted by Gasteiger charge is 2.35. The molecule has 4 N–H and O–H groups in total. The van der Waals surface area contributed by atoms with E-state index in [0.717, 1.165) is 5.56 Å². The molecule has 0 radical (unpaired) electrons. The number of carbonyl (C=O) groups is 2. The standard InChI is InChI=1S/C20H24N4O2.ClH/c1-14(22-20(26)23-16-10-6-3-7-11-16)19(25)24-12-17(18(21)13-24)15-8-4-2-5-9-15;/h2-11,14,17-18H,12-13,21H2,1H3,(H2,22,23,26);1H/t14?,17-,18+;/m0./s1. The minimum absolute atomic E-state index is 0. The molecule has 0 saturated carbocycles. The molecule has 0 aromatic heterocycles. The molecule has 0 spiro atoms. The monoisotopic (exact) mass is 388 g/mol. The van der Waals surface area contributed by atoms with Crippen LogP contribution in [0.25, 0.3) is 0 Å². The molecule has 2 aromatic carbocycles. The van der Waals surface area contributed by atoms with Crippen LogP contribution in [0.4, 0.5) is 10.5 Å². The van der Waals surface area contributed by atoms with Crippen molar-refractivity contribution < 1.29 is 9.59 Å². The summed E-state index contributed by atoms with van der Waals surface area (Å²) in [7, 11) is 0. The molecule has 3 atom stereocenters. The van der Waals surface area contributed by atoms with E-state index in [2.05, 4.69) is 10.6 Å². The van der Waals surface area contributed by atoms with Crippen molar-refractivity contribution in [3.63, 3.8) is 0 Å². The molecule has 3 rings (SSSR count). The number of hydrogen-bond donors (Lipinski definition) is 3. The second-order valence-corrected chi connectivity index (χ2v) is 6.61. The Balaban J connectivity index is 0.00000261. The largest absolute Gasteiger partial charge is 0.339 e. The van der Waals surface area contributed by atoms with E-state index in [-0.39, 0.29) is 30.3 Å². The number of anilines is 1. The van der Waals surface area contributed by atoms with Crippen molar-refractivity contribution in [1.82, 2.24) is 10.2 Å². The van der Waals surface area contributed by atoms with Gasteiger partial charge in [-0.25, -0.2) is 4.79 Å². The van der Waals surface area contributed by atoms with E-state index in [1.807, 2.05) is 48.5 Å². The highest BCUT2D eigenvalue weighted by molar-refractivity contribution is 5.93. The third kappa shape index (κ3) is 5.21. The average molecular weight is 389 g/mol. The first-order valence-corrected chi connectivity index (χ1v) is 8.76. The van der Waals surface area contributed by atoms with Gasteiger partial charge in [-0.15, -0.1) is 12.4 Å². The van der Waals surface area contributed by atoms with Crippen LogP contribution in [0.3, 0.4) is 0 Å². The van der Waals surface area contributed by atoms with Crippen molar-refractivity contribution in [1.29, 1.82) is 0 Å². The number of urea groups is 1. The van der Waals surface area contributed by atoms with Gasteiger partial charge in [0, 0.05) is 30.7 Å². The predicted octanol–water partition coefficient (Wildman–Crippen LogP) is 2.57. The van der Waals surface area contributed by atoms with Gasteiger partial charge >= 0.3 is 6.03 Å². The van der Waals surface area contributed by atoms with Gasteiger partial charge in [0.2, 0.25) is 5.91 Å². The first kappa shape index (κ1) is 20.7. The van der Waals surface area contributed by atoms with Crippen LogP contribution < -0.4 is 16.4 Å². The fourth-order valence-electron chi connectivity index (χ4n) is 3.28. The Morgan fingerprint density at radius 1 is 1.04 bits per heavy atom. The number of carbonyl (C=O) groups excluding carboxylic acids is 2. The van der Waals surface area contributed by atoms with Crippen molar-refractivity contribution >= 4 is 30.0 Å². The van der Waals surface area contributed by atoms with Crippen LogP contribution in [0.5, 0.6) is 0 Å². The zero-order valence-corrected chi connectivity index (χ0v) is 16.0. The van der Waals surface area contributed by atoms with Gasteiger partial charge in [0.25, 0.3) is 0 Å². The number of nitrogens with zero attached hydrogens (tertiary/aromatic N) is 1. The topological polar surface area (TPSA) is 87.5 Å². The van der Waals surface area contributed by atoms with Gasteiger partial charge in [0.1, 0.15) is 6.04 Å². The van der Waals surface area contributed by atoms with Gasteiger partial charge in [-0.05, 0) is 24.6 Å². The maximum absolute atomic E-state index is 12.7. The van der Waals surface area contributed by atoms with Gasteiger partial charge < -0.3 is 21.3 Å². The number of nitrogens with one attached hydrogen (secondary N) is 2. The summed E-state index contributed by atoms with van der Waals surface area (Å²) < 4.78 is 0. The third-order valence-corrected chi connectivity index (χ3v) is 4.65. The lowest BCUT2D eigenvalue weighted by molar-refractivity contribution is -0.131. The van der Waals surface area contributed by atoms with Gasteiger partial charge in [-0.1, -0.05) is 48.5 Å². The molecule has 1 saturated heterocycles. The quantitative estimate of drug-likeness (QED) is 0.752. The zero-order chi connectivity index (χ0) is 18.5. The van der Waals surface area contributed by atoms with E-state index in [9.17, 15) is 9.59 Å². The summed E-state index contributed by atoms with van der Waals surface area (Å²) >= 11 is 0. The van der Waals surface area contributed by atoms with E-state index in [1.165, 1.54) is 0 Å². The SMILES string of the molecule is CC(NC(=O)Nc1ccccc1)C(=O)N1C[C@@H](N)[C@H](c2ccccc2)C1.Cl. The molecule has 27 heavy (non-hydrogen) atoms. The summed E-state index contributed by atoms with van der Waals surface area (Å²) in [6, 6.07) is 18.0. The smallest absolute Gasteiger partial charge is 0.319 e. The predicted molar refractivity (Wildman–Crippen MR) is 109 cm³/mol. The van der Waals surface area contributed by atoms with Crippen LogP contribution in [-0.4, -0.2) is 42.0 Å². The van der Waals surface area contributed by atoms with Gasteiger partial charge in [0.05, 0.1) is 0 Å². The lowest BCUT2D eigenvalue weighted by Gasteiger charge is -2.22. The minimum Gasteiger partial charge on any atom is -0.339 e. The van der Waals surface area contributed by atoms with Crippen molar-refractivity contribution in [2.75, 3.05) is 18.4 Å². The maximum atomic E-state index is 12.7. The Bertz CT molecular complexity index is 757. The van der Waals surface area contributed by atoms with Crippen molar-refractivity contribution in [2.45, 2.75) is 24.9 Å². The first-order chi connectivity index (χ1) is 12.5. The zero-order valence-electron chi connectivity index (χ0n) is 15.2. The van der Waals surface area contributed by atoms with Crippen molar-refractivity contribution in [2.24, 2.45) is 5.73 Å². The molecule has 7 heteroatoms. The molecule has 2 aromatic rings. The second kappa shape index (κ2) is 9.39. The van der Waals surface area contributed by atoms with E-state index in [4.69, 9.17) is 5.73 Å². The Morgan fingerprint density at radius 3 is 2.26 bits per heavy atom. The molecule has 1 aliphatic heterocycles. The molecule has 1 aliphatic rings. The van der Waals surface area contributed by atoms with E-state index in [1.54, 1.807) is 24.0 Å². The highest BCUT2D eigenvalue weighted by atomic mass is 35.5. The van der Waals surface area contributed by atoms with E-state index < -0.39 is 12.1 Å². The van der Waals surface area contributed by atoms with Crippen molar-refractivity contribution in [3.05, 3.63) is 66.2 Å². The fraction of sp³-hybridized carbons (Fsp3) is 0.300. The molecule has 1 unspecified atom stereocenters. The number of halogens is 1. The molecule has 3 amide bonds. The van der Waals surface area contributed by atoms with Crippen LogP contribution in [0.1, 0.15) is 18.4 Å². The summed E-state index contributed by atoms with van der Waals surface area (Å²) in [5, 5.41) is 5.41. The minimum atomic E-state index is -0.625. The summed E-state index contributed by atoms with van der Waals surface area (Å²) in [5.41, 5.74) is 8.06. The number of amides is 3. The lowest BCUT2D eigenvalue weighted by Crippen LogP contribution is -2.47. The molecule has 1 fully saturated rings. The first-order valence-electron chi connectivity index (χ1n) is 8.76. The van der Waals surface area contributed by atoms with Crippen LogP contribution in [0, 0.1) is 0 Å². The normalized spacial score (nSPS) is 19.7. The molecular formula is C20H25ClN4O2. The van der Waals surface area contributed by atoms with Crippen LogP contribution in [0.2, 0.25) is 0 Å². The summed E-state index contributed by atoms with van der Waals surface area (Å²) in [4.78, 5) is 26.5. The van der Waals surface area contributed by atoms with E-state index in [0.29, 0.717) is 18.8 Å². The molecule has 0 aliphatic carbocycles. The van der Waals surface area contributed by atoms with Gasteiger partial charge in [-0.3, -0.25) is 4.79 Å². The van der Waals surface area contributed by atoms with Crippen LogP contribution in [0.15, 0.2) is 60.7 Å². The van der Waals surface area contributed by atoms with Gasteiger partial charge in [0.15, 0.2) is 0 Å². The van der Waals surface area contributed by atoms with Crippen molar-refractivity contribution in [3.8, 4) is 0 Å². The molecule has 0 bridgehead atoms. The molecule has 1 heterocycles. The number of para-hydroxylation sites is 1. The lowest BCUT2D eigenvalue weighted by atomic mass is 9.95. The molecular weight excluding hydrogens is 364 g/mol. The Hall–Kier alpha value is -2.57. The number of nitrogens with two attached hydrogens (primary N) is 1. The number of likely N-dealkylation sites (tertiary alicyclic amines) is 1. The maximum Gasteiger partial charge on any atom is 0.319 e. The van der Waals surface area contributed by atoms with Crippen LogP contribution in [-0.2, 0) is 4.79 Å². The average Bonchev–Trinajstić information content (AvgIpc) is 3.04. The number of rotatable bonds is 4. The highest BCUT2D eigenvalue weighted by Crippen LogP contribution is 2.26. The summed E-state index contributed by atoms with van der Waals surface area (Å²) in [5.74, 6) is -0.00686. The molecule has 6 nitrogen and oxygen atoms in total. The van der Waals surface area contributed by atoms with Crippen LogP contribution >= 0.6 is 12.4 Å². The van der Waals surface area contributed by atoms with Gasteiger partial charge in [-0.2, -0.15) is 0 Å². The number of hydrogen-bond acceptors (Lipinski definition) is 3. The summed E-state index contributed by atoms with van der Waals surface area (Å²) in [6.07, 6.45) is 0. The summed E-state index contributed by atoms with van der Waals surface area (Å²) in [6.45, 7) is 2.75. The van der Waals surface area contributed by atoms with E-state index >= 15 is 0 Å².